The van der Waals surface area contributed by atoms with Crippen molar-refractivity contribution in [2.45, 2.75) is 38.3 Å². The third-order valence-electron chi connectivity index (χ3n) is 4.96. The number of likely N-dealkylation sites (N-methyl/N-ethyl adjacent to an activating group) is 1. The van der Waals surface area contributed by atoms with Gasteiger partial charge in [-0.25, -0.2) is 0 Å². The van der Waals surface area contributed by atoms with E-state index in [-0.39, 0.29) is 12.4 Å². The lowest BCUT2D eigenvalue weighted by Gasteiger charge is -2.35. The summed E-state index contributed by atoms with van der Waals surface area (Å²) in [5.74, 6) is 1.44. The number of nitrogens with zero attached hydrogens (tertiary/aromatic N) is 1. The molecule has 0 heterocycles. The monoisotopic (exact) mass is 399 g/mol. The van der Waals surface area contributed by atoms with E-state index in [2.05, 4.69) is 44.1 Å². The van der Waals surface area contributed by atoms with Crippen molar-refractivity contribution >= 4 is 35.6 Å². The number of halogens is 3. The van der Waals surface area contributed by atoms with Gasteiger partial charge in [-0.05, 0) is 68.2 Å². The smallest absolute Gasteiger partial charge is 0.120 e. The van der Waals surface area contributed by atoms with E-state index in [1.54, 1.807) is 6.07 Å². The van der Waals surface area contributed by atoms with Crippen molar-refractivity contribution in [1.82, 2.24) is 4.90 Å². The standard InChI is InChI=1S/C20H23Cl2NO.ClH/c1-13-18-8-7-17(10-14(18)5-9-20(13)23(2)3)24-12-15-4-6-16(21)11-19(15)22;/h4,6-8,10-11,13,20H,5,9,12H2,1-3H3;1H. The predicted molar refractivity (Wildman–Crippen MR) is 109 cm³/mol. The summed E-state index contributed by atoms with van der Waals surface area (Å²) in [6.45, 7) is 2.77. The topological polar surface area (TPSA) is 12.5 Å². The largest absolute Gasteiger partial charge is 0.489 e. The first-order valence-corrected chi connectivity index (χ1v) is 9.07. The van der Waals surface area contributed by atoms with E-state index in [0.29, 0.717) is 28.6 Å². The fraction of sp³-hybridized carbons (Fsp3) is 0.400. The van der Waals surface area contributed by atoms with Crippen LogP contribution in [-0.4, -0.2) is 25.0 Å². The van der Waals surface area contributed by atoms with Crippen LogP contribution in [0.25, 0.3) is 0 Å². The van der Waals surface area contributed by atoms with Crippen LogP contribution in [0, 0.1) is 0 Å². The van der Waals surface area contributed by atoms with Crippen molar-refractivity contribution in [3.63, 3.8) is 0 Å². The van der Waals surface area contributed by atoms with Gasteiger partial charge in [0.15, 0.2) is 0 Å². The molecule has 0 amide bonds. The maximum Gasteiger partial charge on any atom is 0.120 e. The Balaban J connectivity index is 0.00000225. The zero-order chi connectivity index (χ0) is 17.3. The van der Waals surface area contributed by atoms with Crippen LogP contribution in [-0.2, 0) is 13.0 Å². The Morgan fingerprint density at radius 3 is 2.56 bits per heavy atom. The van der Waals surface area contributed by atoms with Crippen molar-refractivity contribution in [2.24, 2.45) is 0 Å². The molecule has 0 N–H and O–H groups in total. The van der Waals surface area contributed by atoms with Crippen LogP contribution < -0.4 is 4.74 Å². The first-order valence-electron chi connectivity index (χ1n) is 8.31. The maximum atomic E-state index is 6.21. The molecule has 1 aliphatic rings. The second kappa shape index (κ2) is 8.64. The highest BCUT2D eigenvalue weighted by atomic mass is 35.5. The van der Waals surface area contributed by atoms with Crippen LogP contribution in [0.5, 0.6) is 5.75 Å². The molecule has 0 aromatic heterocycles. The van der Waals surface area contributed by atoms with Crippen molar-refractivity contribution in [1.29, 1.82) is 0 Å². The fourth-order valence-corrected chi connectivity index (χ4v) is 4.06. The molecule has 1 aliphatic carbocycles. The first-order chi connectivity index (χ1) is 11.5. The molecule has 0 spiro atoms. The fourth-order valence-electron chi connectivity index (χ4n) is 3.60. The number of hydrogen-bond acceptors (Lipinski definition) is 2. The second-order valence-corrected chi connectivity index (χ2v) is 7.59. The molecule has 136 valence electrons. The predicted octanol–water partition coefficient (Wildman–Crippen LogP) is 5.97. The summed E-state index contributed by atoms with van der Waals surface area (Å²) in [7, 11) is 4.33. The lowest BCUT2D eigenvalue weighted by molar-refractivity contribution is 0.236. The highest BCUT2D eigenvalue weighted by Crippen LogP contribution is 2.35. The van der Waals surface area contributed by atoms with Crippen LogP contribution in [0.15, 0.2) is 36.4 Å². The zero-order valence-electron chi connectivity index (χ0n) is 14.8. The van der Waals surface area contributed by atoms with Crippen molar-refractivity contribution in [3.8, 4) is 5.75 Å². The van der Waals surface area contributed by atoms with Gasteiger partial charge in [0.05, 0.1) is 0 Å². The second-order valence-electron chi connectivity index (χ2n) is 6.74. The van der Waals surface area contributed by atoms with Crippen molar-refractivity contribution in [2.75, 3.05) is 14.1 Å². The van der Waals surface area contributed by atoms with Crippen LogP contribution in [0.2, 0.25) is 10.0 Å². The average molecular weight is 401 g/mol. The molecule has 0 radical (unpaired) electrons. The van der Waals surface area contributed by atoms with Gasteiger partial charge in [0, 0.05) is 21.7 Å². The van der Waals surface area contributed by atoms with E-state index in [1.165, 1.54) is 17.5 Å². The van der Waals surface area contributed by atoms with Crippen molar-refractivity contribution < 1.29 is 4.74 Å². The van der Waals surface area contributed by atoms with E-state index < -0.39 is 0 Å². The first kappa shape index (κ1) is 20.4. The highest BCUT2D eigenvalue weighted by molar-refractivity contribution is 6.35. The highest BCUT2D eigenvalue weighted by Gasteiger charge is 2.27. The van der Waals surface area contributed by atoms with E-state index in [9.17, 15) is 0 Å². The molecule has 0 aliphatic heterocycles. The Bertz CT molecular complexity index is 733. The van der Waals surface area contributed by atoms with Gasteiger partial charge in [-0.3, -0.25) is 0 Å². The molecular weight excluding hydrogens is 377 g/mol. The molecule has 0 bridgehead atoms. The molecule has 3 rings (SSSR count). The molecule has 0 fully saturated rings. The molecule has 2 atom stereocenters. The van der Waals surface area contributed by atoms with Gasteiger partial charge in [0.1, 0.15) is 12.4 Å². The van der Waals surface area contributed by atoms with E-state index >= 15 is 0 Å². The number of benzene rings is 2. The van der Waals surface area contributed by atoms with Crippen LogP contribution in [0.1, 0.15) is 36.0 Å². The minimum atomic E-state index is 0. The summed E-state index contributed by atoms with van der Waals surface area (Å²) in [6, 6.07) is 12.6. The molecule has 2 unspecified atom stereocenters. The third-order valence-corrected chi connectivity index (χ3v) is 5.55. The van der Waals surface area contributed by atoms with Gasteiger partial charge >= 0.3 is 0 Å². The molecule has 0 saturated heterocycles. The van der Waals surface area contributed by atoms with E-state index in [0.717, 1.165) is 17.7 Å². The Labute approximate surface area is 166 Å². The quantitative estimate of drug-likeness (QED) is 0.626. The molecular formula is C20H24Cl3NO. The molecule has 5 heteroatoms. The van der Waals surface area contributed by atoms with E-state index in [4.69, 9.17) is 27.9 Å². The lowest BCUT2D eigenvalue weighted by Crippen LogP contribution is -2.36. The molecule has 0 saturated carbocycles. The molecule has 25 heavy (non-hydrogen) atoms. The number of fused-ring (bicyclic) bond motifs is 1. The number of aryl methyl sites for hydroxylation is 1. The maximum absolute atomic E-state index is 6.21. The van der Waals surface area contributed by atoms with Crippen LogP contribution in [0.3, 0.4) is 0 Å². The van der Waals surface area contributed by atoms with Gasteiger partial charge in [-0.1, -0.05) is 42.3 Å². The summed E-state index contributed by atoms with van der Waals surface area (Å²) in [5.41, 5.74) is 3.79. The van der Waals surface area contributed by atoms with Crippen LogP contribution in [0.4, 0.5) is 0 Å². The van der Waals surface area contributed by atoms with Gasteiger partial charge in [-0.15, -0.1) is 12.4 Å². The summed E-state index contributed by atoms with van der Waals surface area (Å²) < 4.78 is 5.95. The van der Waals surface area contributed by atoms with Gasteiger partial charge in [0.25, 0.3) is 0 Å². The zero-order valence-corrected chi connectivity index (χ0v) is 17.1. The summed E-state index contributed by atoms with van der Waals surface area (Å²) in [5, 5.41) is 1.28. The number of hydrogen-bond donors (Lipinski definition) is 0. The number of rotatable bonds is 4. The Morgan fingerprint density at radius 1 is 1.12 bits per heavy atom. The molecule has 2 aromatic carbocycles. The van der Waals surface area contributed by atoms with Crippen molar-refractivity contribution in [3.05, 3.63) is 63.1 Å². The Hall–Kier alpha value is -0.930. The van der Waals surface area contributed by atoms with Gasteiger partial charge < -0.3 is 9.64 Å². The summed E-state index contributed by atoms with van der Waals surface area (Å²) in [4.78, 5) is 2.33. The average Bonchev–Trinajstić information content (AvgIpc) is 2.54. The third kappa shape index (κ3) is 4.62. The summed E-state index contributed by atoms with van der Waals surface area (Å²) >= 11 is 12.1. The normalized spacial score (nSPS) is 19.3. The minimum absolute atomic E-state index is 0. The lowest BCUT2D eigenvalue weighted by atomic mass is 9.80. The molecule has 2 nitrogen and oxygen atoms in total. The Morgan fingerprint density at radius 2 is 1.88 bits per heavy atom. The number of ether oxygens (including phenoxy) is 1. The minimum Gasteiger partial charge on any atom is -0.489 e. The molecule has 2 aromatic rings. The van der Waals surface area contributed by atoms with Gasteiger partial charge in [0.2, 0.25) is 0 Å². The van der Waals surface area contributed by atoms with E-state index in [1.807, 2.05) is 12.1 Å². The van der Waals surface area contributed by atoms with Crippen LogP contribution >= 0.6 is 35.6 Å². The SMILES string of the molecule is CC1c2ccc(OCc3ccc(Cl)cc3Cl)cc2CCC1N(C)C.Cl. The van der Waals surface area contributed by atoms with Gasteiger partial charge in [-0.2, -0.15) is 0 Å². The summed E-state index contributed by atoms with van der Waals surface area (Å²) in [6.07, 6.45) is 2.29. The Kier molecular flexibility index (Phi) is 7.04.